The normalized spacial score (nSPS) is 12.3. The summed E-state index contributed by atoms with van der Waals surface area (Å²) in [6.07, 6.45) is 0. The average Bonchev–Trinajstić information content (AvgIpc) is 2.99. The highest BCUT2D eigenvalue weighted by atomic mass is 79.9. The van der Waals surface area contributed by atoms with Gasteiger partial charge >= 0.3 is 0 Å². The fourth-order valence-electron chi connectivity index (χ4n) is 2.45. The molecule has 0 radical (unpaired) electrons. The maximum Gasteiger partial charge on any atom is 0.289 e. The van der Waals surface area contributed by atoms with Gasteiger partial charge in [-0.15, -0.1) is 0 Å². The number of para-hydroxylation sites is 1. The number of amides is 1. The first kappa shape index (κ1) is 15.7. The molecule has 0 aliphatic heterocycles. The fraction of sp³-hybridized carbons (Fsp3) is 0.167. The summed E-state index contributed by atoms with van der Waals surface area (Å²) >= 11 is 3.41. The van der Waals surface area contributed by atoms with Crippen molar-refractivity contribution in [3.63, 3.8) is 0 Å². The van der Waals surface area contributed by atoms with E-state index in [0.29, 0.717) is 5.58 Å². The molecule has 1 amide bonds. The number of hydrogen-bond acceptors (Lipinski definition) is 2. The molecule has 5 heteroatoms. The van der Waals surface area contributed by atoms with E-state index in [1.807, 2.05) is 25.1 Å². The minimum Gasteiger partial charge on any atom is -0.450 e. The third-order valence-electron chi connectivity index (χ3n) is 3.96. The molecular formula is C18H15BrFNO2. The Hall–Kier alpha value is -2.14. The van der Waals surface area contributed by atoms with Crippen LogP contribution in [0.15, 0.2) is 57.4 Å². The van der Waals surface area contributed by atoms with Crippen molar-refractivity contribution in [2.24, 2.45) is 0 Å². The number of fused-ring (bicyclic) bond motifs is 1. The predicted molar refractivity (Wildman–Crippen MR) is 90.8 cm³/mol. The maximum atomic E-state index is 13.0. The van der Waals surface area contributed by atoms with Crippen molar-refractivity contribution in [2.75, 3.05) is 7.05 Å². The summed E-state index contributed by atoms with van der Waals surface area (Å²) in [4.78, 5) is 14.2. The topological polar surface area (TPSA) is 33.5 Å². The van der Waals surface area contributed by atoms with Crippen LogP contribution in [0, 0.1) is 5.82 Å². The first-order valence-electron chi connectivity index (χ1n) is 7.18. The smallest absolute Gasteiger partial charge is 0.289 e. The van der Waals surface area contributed by atoms with Crippen LogP contribution in [0.25, 0.3) is 11.0 Å². The van der Waals surface area contributed by atoms with Gasteiger partial charge in [0.2, 0.25) is 0 Å². The Bertz CT molecular complexity index is 857. The zero-order valence-electron chi connectivity index (χ0n) is 12.7. The second kappa shape index (κ2) is 6.16. The number of carbonyl (C=O) groups is 1. The van der Waals surface area contributed by atoms with Crippen molar-refractivity contribution >= 4 is 32.8 Å². The van der Waals surface area contributed by atoms with E-state index in [2.05, 4.69) is 15.9 Å². The van der Waals surface area contributed by atoms with Crippen molar-refractivity contribution in [2.45, 2.75) is 13.0 Å². The first-order valence-corrected chi connectivity index (χ1v) is 7.97. The summed E-state index contributed by atoms with van der Waals surface area (Å²) in [6.45, 7) is 1.89. The molecule has 3 rings (SSSR count). The molecule has 118 valence electrons. The quantitative estimate of drug-likeness (QED) is 0.632. The third kappa shape index (κ3) is 3.01. The molecule has 0 saturated carbocycles. The van der Waals surface area contributed by atoms with Crippen molar-refractivity contribution in [1.82, 2.24) is 4.90 Å². The number of carbonyl (C=O) groups excluding carboxylic acids is 1. The van der Waals surface area contributed by atoms with Gasteiger partial charge in [0.15, 0.2) is 5.76 Å². The third-order valence-corrected chi connectivity index (χ3v) is 4.58. The van der Waals surface area contributed by atoms with Crippen molar-refractivity contribution < 1.29 is 13.6 Å². The maximum absolute atomic E-state index is 13.0. The fourth-order valence-corrected chi connectivity index (χ4v) is 2.91. The van der Waals surface area contributed by atoms with Gasteiger partial charge in [-0.25, -0.2) is 4.39 Å². The molecule has 1 unspecified atom stereocenters. The van der Waals surface area contributed by atoms with Crippen molar-refractivity contribution in [3.05, 3.63) is 70.1 Å². The summed E-state index contributed by atoms with van der Waals surface area (Å²) in [5.74, 6) is -0.231. The highest BCUT2D eigenvalue weighted by molar-refractivity contribution is 9.10. The Kier molecular flexibility index (Phi) is 4.22. The lowest BCUT2D eigenvalue weighted by Gasteiger charge is -2.24. The molecule has 0 bridgehead atoms. The van der Waals surface area contributed by atoms with Crippen molar-refractivity contribution in [1.29, 1.82) is 0 Å². The van der Waals surface area contributed by atoms with E-state index in [1.165, 1.54) is 12.1 Å². The van der Waals surface area contributed by atoms with Gasteiger partial charge in [-0.2, -0.15) is 0 Å². The number of benzene rings is 2. The SMILES string of the molecule is CC(c1ccc(F)cc1)N(C)C(=O)c1cc2cccc(Br)c2o1. The highest BCUT2D eigenvalue weighted by Crippen LogP contribution is 2.29. The van der Waals surface area contributed by atoms with Crippen LogP contribution in [0.1, 0.15) is 29.1 Å². The van der Waals surface area contributed by atoms with E-state index in [4.69, 9.17) is 4.42 Å². The van der Waals surface area contributed by atoms with Crippen LogP contribution in [0.2, 0.25) is 0 Å². The van der Waals surface area contributed by atoms with Crippen LogP contribution in [0.3, 0.4) is 0 Å². The minimum atomic E-state index is -0.294. The lowest BCUT2D eigenvalue weighted by atomic mass is 10.1. The highest BCUT2D eigenvalue weighted by Gasteiger charge is 2.22. The van der Waals surface area contributed by atoms with Gasteiger partial charge in [-0.3, -0.25) is 4.79 Å². The molecule has 0 aliphatic carbocycles. The Labute approximate surface area is 141 Å². The summed E-state index contributed by atoms with van der Waals surface area (Å²) in [5.41, 5.74) is 1.51. The monoisotopic (exact) mass is 375 g/mol. The van der Waals surface area contributed by atoms with Crippen LogP contribution in [0.5, 0.6) is 0 Å². The largest absolute Gasteiger partial charge is 0.450 e. The Balaban J connectivity index is 1.88. The molecule has 3 aromatic rings. The van der Waals surface area contributed by atoms with Gasteiger partial charge in [0.05, 0.1) is 10.5 Å². The van der Waals surface area contributed by atoms with Crippen LogP contribution in [0.4, 0.5) is 4.39 Å². The van der Waals surface area contributed by atoms with Crippen molar-refractivity contribution in [3.8, 4) is 0 Å². The second-order valence-corrected chi connectivity index (χ2v) is 6.27. The number of nitrogens with zero attached hydrogens (tertiary/aromatic N) is 1. The number of rotatable bonds is 3. The lowest BCUT2D eigenvalue weighted by molar-refractivity contribution is 0.0713. The summed E-state index contributed by atoms with van der Waals surface area (Å²) in [7, 11) is 1.71. The Morgan fingerprint density at radius 1 is 1.22 bits per heavy atom. The van der Waals surface area contributed by atoms with Gasteiger partial charge < -0.3 is 9.32 Å². The second-order valence-electron chi connectivity index (χ2n) is 5.41. The van der Waals surface area contributed by atoms with Gasteiger partial charge in [0.1, 0.15) is 11.4 Å². The molecule has 2 aromatic carbocycles. The van der Waals surface area contributed by atoms with Gasteiger partial charge in [-0.1, -0.05) is 24.3 Å². The molecule has 0 aliphatic rings. The van der Waals surface area contributed by atoms with Crippen LogP contribution in [-0.2, 0) is 0 Å². The lowest BCUT2D eigenvalue weighted by Crippen LogP contribution is -2.29. The molecule has 23 heavy (non-hydrogen) atoms. The standard InChI is InChI=1S/C18H15BrFNO2/c1-11(12-6-8-14(20)9-7-12)21(2)18(22)16-10-13-4-3-5-15(19)17(13)23-16/h3-11H,1-2H3. The van der Waals surface area contributed by atoms with E-state index in [0.717, 1.165) is 15.4 Å². The molecule has 1 heterocycles. The molecule has 0 saturated heterocycles. The number of halogens is 2. The van der Waals surface area contributed by atoms with Crippen LogP contribution < -0.4 is 0 Å². The molecule has 1 atom stereocenters. The van der Waals surface area contributed by atoms with E-state index in [1.54, 1.807) is 30.1 Å². The first-order chi connectivity index (χ1) is 11.0. The van der Waals surface area contributed by atoms with E-state index in [-0.39, 0.29) is 23.5 Å². The minimum absolute atomic E-state index is 0.195. The molecule has 0 fully saturated rings. The molecule has 0 N–H and O–H groups in total. The summed E-state index contributed by atoms with van der Waals surface area (Å²) in [5, 5.41) is 0.866. The predicted octanol–water partition coefficient (Wildman–Crippen LogP) is 5.17. The van der Waals surface area contributed by atoms with E-state index in [9.17, 15) is 9.18 Å². The van der Waals surface area contributed by atoms with Crippen LogP contribution >= 0.6 is 15.9 Å². The Morgan fingerprint density at radius 3 is 2.57 bits per heavy atom. The van der Waals surface area contributed by atoms with Gasteiger partial charge in [0, 0.05) is 12.4 Å². The zero-order chi connectivity index (χ0) is 16.6. The molecule has 1 aromatic heterocycles. The summed E-state index contributed by atoms with van der Waals surface area (Å²) in [6, 6.07) is 13.3. The van der Waals surface area contributed by atoms with Gasteiger partial charge in [0.25, 0.3) is 5.91 Å². The number of hydrogen-bond donors (Lipinski definition) is 0. The zero-order valence-corrected chi connectivity index (χ0v) is 14.3. The molecular weight excluding hydrogens is 361 g/mol. The van der Waals surface area contributed by atoms with E-state index >= 15 is 0 Å². The van der Waals surface area contributed by atoms with Gasteiger partial charge in [-0.05, 0) is 52.7 Å². The van der Waals surface area contributed by atoms with E-state index < -0.39 is 0 Å². The summed E-state index contributed by atoms with van der Waals surface area (Å²) < 4.78 is 19.5. The molecule has 3 nitrogen and oxygen atoms in total. The van der Waals surface area contributed by atoms with Crippen LogP contribution in [-0.4, -0.2) is 17.9 Å². The average molecular weight is 376 g/mol. The Morgan fingerprint density at radius 2 is 1.91 bits per heavy atom. The molecule has 0 spiro atoms. The number of furan rings is 1.